The molecule has 2 rings (SSSR count). The minimum Gasteiger partial charge on any atom is -0.464 e. The summed E-state index contributed by atoms with van der Waals surface area (Å²) in [5.41, 5.74) is 0.0213. The summed E-state index contributed by atoms with van der Waals surface area (Å²) in [5, 5.41) is 4.01. The summed E-state index contributed by atoms with van der Waals surface area (Å²) < 4.78 is 10.9. The average Bonchev–Trinajstić information content (AvgIpc) is 2.50. The van der Waals surface area contributed by atoms with Gasteiger partial charge in [0.2, 0.25) is 0 Å². The van der Waals surface area contributed by atoms with E-state index in [1.54, 1.807) is 19.2 Å². The van der Waals surface area contributed by atoms with Crippen molar-refractivity contribution >= 4 is 23.3 Å². The van der Waals surface area contributed by atoms with Crippen molar-refractivity contribution in [2.24, 2.45) is 0 Å². The number of halogens is 1. The molecule has 2 unspecified atom stereocenters. The Morgan fingerprint density at radius 2 is 2.10 bits per heavy atom. The van der Waals surface area contributed by atoms with Gasteiger partial charge in [-0.1, -0.05) is 24.4 Å². The molecule has 4 nitrogen and oxygen atoms in total. The lowest BCUT2D eigenvalue weighted by Gasteiger charge is -2.42. The Morgan fingerprint density at radius 3 is 2.71 bits per heavy atom. The van der Waals surface area contributed by atoms with Crippen molar-refractivity contribution in [1.29, 1.82) is 0 Å². The quantitative estimate of drug-likeness (QED) is 0.843. The highest BCUT2D eigenvalue weighted by Gasteiger charge is 2.49. The van der Waals surface area contributed by atoms with Crippen LogP contribution in [0.1, 0.15) is 32.6 Å². The summed E-state index contributed by atoms with van der Waals surface area (Å²) in [6.45, 7) is 2.18. The van der Waals surface area contributed by atoms with Crippen LogP contribution in [0.25, 0.3) is 0 Å². The predicted octanol–water partition coefficient (Wildman–Crippen LogP) is 3.64. The zero-order chi connectivity index (χ0) is 15.3. The van der Waals surface area contributed by atoms with Gasteiger partial charge in [-0.15, -0.1) is 0 Å². The van der Waals surface area contributed by atoms with E-state index >= 15 is 0 Å². The van der Waals surface area contributed by atoms with Crippen molar-refractivity contribution in [2.75, 3.05) is 19.0 Å². The minimum absolute atomic E-state index is 0.194. The van der Waals surface area contributed by atoms with Crippen molar-refractivity contribution in [3.8, 4) is 0 Å². The number of hydrogen-bond acceptors (Lipinski definition) is 4. The SMILES string of the molecule is CCOC(=O)C1(Nc2ccc(Cl)cc2)CCCCC1OC. The van der Waals surface area contributed by atoms with Crippen LogP contribution in [0.4, 0.5) is 5.69 Å². The second kappa shape index (κ2) is 7.14. The predicted molar refractivity (Wildman–Crippen MR) is 83.7 cm³/mol. The molecular formula is C16H22ClNO3. The van der Waals surface area contributed by atoms with Crippen molar-refractivity contribution in [2.45, 2.75) is 44.2 Å². The van der Waals surface area contributed by atoms with Gasteiger partial charge in [0.15, 0.2) is 5.54 Å². The maximum atomic E-state index is 12.6. The summed E-state index contributed by atoms with van der Waals surface area (Å²) in [7, 11) is 1.65. The molecule has 1 aliphatic rings. The van der Waals surface area contributed by atoms with Crippen LogP contribution in [0, 0.1) is 0 Å². The first-order valence-electron chi connectivity index (χ1n) is 7.36. The summed E-state index contributed by atoms with van der Waals surface area (Å²) in [6.07, 6.45) is 3.38. The van der Waals surface area contributed by atoms with Gasteiger partial charge in [-0.05, 0) is 44.0 Å². The highest BCUT2D eigenvalue weighted by Crippen LogP contribution is 2.35. The molecule has 0 aliphatic heterocycles. The molecular weight excluding hydrogens is 290 g/mol. The van der Waals surface area contributed by atoms with Crippen molar-refractivity contribution in [1.82, 2.24) is 0 Å². The third kappa shape index (κ3) is 3.50. The molecule has 1 saturated carbocycles. The number of ether oxygens (including phenoxy) is 2. The number of esters is 1. The Labute approximate surface area is 130 Å². The van der Waals surface area contributed by atoms with Crippen molar-refractivity contribution in [3.05, 3.63) is 29.3 Å². The van der Waals surface area contributed by atoms with Gasteiger partial charge in [0.05, 0.1) is 12.7 Å². The van der Waals surface area contributed by atoms with Crippen LogP contribution in [0.15, 0.2) is 24.3 Å². The lowest BCUT2D eigenvalue weighted by atomic mass is 9.78. The van der Waals surface area contributed by atoms with Crippen LogP contribution in [-0.4, -0.2) is 31.3 Å². The second-order valence-corrected chi connectivity index (χ2v) is 5.73. The Morgan fingerprint density at radius 1 is 1.38 bits per heavy atom. The zero-order valence-corrected chi connectivity index (χ0v) is 13.3. The van der Waals surface area contributed by atoms with Gasteiger partial charge in [0.1, 0.15) is 0 Å². The molecule has 1 aromatic rings. The number of hydrogen-bond donors (Lipinski definition) is 1. The van der Waals surface area contributed by atoms with E-state index in [1.165, 1.54) is 0 Å². The highest BCUT2D eigenvalue weighted by atomic mass is 35.5. The molecule has 0 heterocycles. The number of anilines is 1. The van der Waals surface area contributed by atoms with Crippen LogP contribution in [0.3, 0.4) is 0 Å². The Hall–Kier alpha value is -1.26. The molecule has 0 saturated heterocycles. The van der Waals surface area contributed by atoms with Crippen molar-refractivity contribution in [3.63, 3.8) is 0 Å². The molecule has 0 radical (unpaired) electrons. The van der Waals surface area contributed by atoms with E-state index in [-0.39, 0.29) is 12.1 Å². The molecule has 0 amide bonds. The molecule has 0 spiro atoms. The number of carbonyl (C=O) groups is 1. The number of rotatable bonds is 5. The third-order valence-corrected chi connectivity index (χ3v) is 4.22. The van der Waals surface area contributed by atoms with E-state index < -0.39 is 5.54 Å². The first kappa shape index (κ1) is 16.1. The van der Waals surface area contributed by atoms with E-state index in [9.17, 15) is 4.79 Å². The number of methoxy groups -OCH3 is 1. The van der Waals surface area contributed by atoms with Crippen molar-refractivity contribution < 1.29 is 14.3 Å². The fraction of sp³-hybridized carbons (Fsp3) is 0.562. The van der Waals surface area contributed by atoms with Gasteiger partial charge in [-0.25, -0.2) is 4.79 Å². The standard InChI is InChI=1S/C16H22ClNO3/c1-3-21-15(19)16(11-5-4-6-14(16)20-2)18-13-9-7-12(17)8-10-13/h7-10,14,18H,3-6,11H2,1-2H3. The summed E-state index contributed by atoms with van der Waals surface area (Å²) >= 11 is 5.91. The van der Waals surface area contributed by atoms with E-state index in [0.29, 0.717) is 18.1 Å². The lowest BCUT2D eigenvalue weighted by molar-refractivity contribution is -0.156. The van der Waals surface area contributed by atoms with Gasteiger partial charge in [0, 0.05) is 17.8 Å². The Kier molecular flexibility index (Phi) is 5.48. The topological polar surface area (TPSA) is 47.6 Å². The molecule has 21 heavy (non-hydrogen) atoms. The normalized spacial score (nSPS) is 25.4. The molecule has 1 fully saturated rings. The van der Waals surface area contributed by atoms with Crippen LogP contribution < -0.4 is 5.32 Å². The Bertz CT molecular complexity index is 477. The smallest absolute Gasteiger partial charge is 0.334 e. The average molecular weight is 312 g/mol. The van der Waals surface area contributed by atoms with Crippen LogP contribution in [0.2, 0.25) is 5.02 Å². The zero-order valence-electron chi connectivity index (χ0n) is 12.5. The molecule has 116 valence electrons. The van der Waals surface area contributed by atoms with E-state index in [1.807, 2.05) is 19.1 Å². The van der Waals surface area contributed by atoms with E-state index in [4.69, 9.17) is 21.1 Å². The second-order valence-electron chi connectivity index (χ2n) is 5.29. The maximum absolute atomic E-state index is 12.6. The number of benzene rings is 1. The minimum atomic E-state index is -0.823. The first-order chi connectivity index (χ1) is 10.1. The molecule has 0 aromatic heterocycles. The van der Waals surface area contributed by atoms with Gasteiger partial charge in [-0.2, -0.15) is 0 Å². The fourth-order valence-corrected chi connectivity index (χ4v) is 3.06. The summed E-state index contributed by atoms with van der Waals surface area (Å²) in [5.74, 6) is -0.244. The summed E-state index contributed by atoms with van der Waals surface area (Å²) in [6, 6.07) is 7.33. The molecule has 5 heteroatoms. The molecule has 1 aromatic carbocycles. The van der Waals surface area contributed by atoms with Gasteiger partial charge >= 0.3 is 5.97 Å². The Balaban J connectivity index is 2.30. The molecule has 1 aliphatic carbocycles. The van der Waals surface area contributed by atoms with Gasteiger partial charge in [0.25, 0.3) is 0 Å². The maximum Gasteiger partial charge on any atom is 0.334 e. The highest BCUT2D eigenvalue weighted by molar-refractivity contribution is 6.30. The number of nitrogens with one attached hydrogen (secondary N) is 1. The van der Waals surface area contributed by atoms with Crippen LogP contribution in [-0.2, 0) is 14.3 Å². The third-order valence-electron chi connectivity index (χ3n) is 3.97. The first-order valence-corrected chi connectivity index (χ1v) is 7.74. The fourth-order valence-electron chi connectivity index (χ4n) is 2.94. The molecule has 0 bridgehead atoms. The van der Waals surface area contributed by atoms with Gasteiger partial charge < -0.3 is 14.8 Å². The molecule has 1 N–H and O–H groups in total. The molecule has 2 atom stereocenters. The van der Waals surface area contributed by atoms with E-state index in [2.05, 4.69) is 5.32 Å². The monoisotopic (exact) mass is 311 g/mol. The van der Waals surface area contributed by atoms with E-state index in [0.717, 1.165) is 24.9 Å². The number of carbonyl (C=O) groups excluding carboxylic acids is 1. The van der Waals surface area contributed by atoms with Gasteiger partial charge in [-0.3, -0.25) is 0 Å². The lowest BCUT2D eigenvalue weighted by Crippen LogP contribution is -2.58. The largest absolute Gasteiger partial charge is 0.464 e. The van der Waals surface area contributed by atoms with Crippen LogP contribution >= 0.6 is 11.6 Å². The summed E-state index contributed by atoms with van der Waals surface area (Å²) in [4.78, 5) is 12.6. The van der Waals surface area contributed by atoms with Crippen LogP contribution in [0.5, 0.6) is 0 Å².